The molecule has 0 atom stereocenters. The van der Waals surface area contributed by atoms with Crippen molar-refractivity contribution in [2.45, 2.75) is 20.8 Å². The molecule has 0 fully saturated rings. The van der Waals surface area contributed by atoms with Crippen LogP contribution in [0.15, 0.2) is 49.9 Å². The number of aromatic hydroxyl groups is 1. The SMILES string of the molecule is CCOc1ccc(NC(N=Cc2c(O)n(C)c(=O)n(C)c2=O)=Nc2nc(C)cc(C)n2)cc1. The summed E-state index contributed by atoms with van der Waals surface area (Å²) in [5.74, 6) is 0.450. The lowest BCUT2D eigenvalue weighted by molar-refractivity contribution is 0.340. The maximum atomic E-state index is 12.5. The largest absolute Gasteiger partial charge is 0.494 e. The van der Waals surface area contributed by atoms with Gasteiger partial charge in [-0.1, -0.05) is 0 Å². The van der Waals surface area contributed by atoms with E-state index in [9.17, 15) is 14.7 Å². The molecule has 3 aromatic rings. The van der Waals surface area contributed by atoms with Crippen LogP contribution in [0.2, 0.25) is 0 Å². The summed E-state index contributed by atoms with van der Waals surface area (Å²) in [6, 6.07) is 8.94. The molecule has 0 aliphatic rings. The maximum Gasteiger partial charge on any atom is 0.333 e. The first-order chi connectivity index (χ1) is 15.7. The number of aryl methyl sites for hydroxylation is 2. The average Bonchev–Trinajstić information content (AvgIpc) is 2.77. The van der Waals surface area contributed by atoms with Crippen LogP contribution in [0.1, 0.15) is 23.9 Å². The number of nitrogens with zero attached hydrogens (tertiary/aromatic N) is 6. The number of hydrogen-bond donors (Lipinski definition) is 2. The first kappa shape index (κ1) is 23.4. The van der Waals surface area contributed by atoms with Crippen molar-refractivity contribution in [2.75, 3.05) is 11.9 Å². The van der Waals surface area contributed by atoms with Gasteiger partial charge in [0.15, 0.2) is 0 Å². The molecule has 0 saturated heterocycles. The number of anilines is 1. The third kappa shape index (κ3) is 5.50. The van der Waals surface area contributed by atoms with Crippen LogP contribution >= 0.6 is 0 Å². The number of aliphatic imine (C=N–C) groups is 2. The van der Waals surface area contributed by atoms with E-state index in [0.29, 0.717) is 18.0 Å². The summed E-state index contributed by atoms with van der Waals surface area (Å²) in [6.07, 6.45) is 1.14. The standard InChI is InChI=1S/C22H25N7O4/c1-6-33-16-9-7-15(8-10-16)26-20(27-21-24-13(2)11-14(3)25-21)23-12-17-18(30)28(4)22(32)29(5)19(17)31/h7-12,30H,6H2,1-5H3,(H,24,25,26,27). The molecule has 33 heavy (non-hydrogen) atoms. The summed E-state index contributed by atoms with van der Waals surface area (Å²) in [7, 11) is 2.67. The molecule has 0 bridgehead atoms. The summed E-state index contributed by atoms with van der Waals surface area (Å²) in [6.45, 7) is 6.09. The molecule has 2 heterocycles. The van der Waals surface area contributed by atoms with E-state index in [1.54, 1.807) is 24.3 Å². The van der Waals surface area contributed by atoms with E-state index in [2.05, 4.69) is 25.3 Å². The quantitative estimate of drug-likeness (QED) is 0.446. The molecular weight excluding hydrogens is 426 g/mol. The Hall–Kier alpha value is -4.28. The zero-order valence-electron chi connectivity index (χ0n) is 19.0. The second-order valence-electron chi connectivity index (χ2n) is 7.17. The fourth-order valence-electron chi connectivity index (χ4n) is 2.97. The summed E-state index contributed by atoms with van der Waals surface area (Å²) in [5.41, 5.74) is 0.603. The molecule has 172 valence electrons. The highest BCUT2D eigenvalue weighted by Crippen LogP contribution is 2.17. The number of nitrogens with one attached hydrogen (secondary N) is 1. The van der Waals surface area contributed by atoms with Crippen molar-refractivity contribution < 1.29 is 9.84 Å². The van der Waals surface area contributed by atoms with Crippen LogP contribution in [0.5, 0.6) is 11.6 Å². The highest BCUT2D eigenvalue weighted by Gasteiger charge is 2.13. The molecule has 0 aliphatic carbocycles. The predicted molar refractivity (Wildman–Crippen MR) is 126 cm³/mol. The third-order valence-electron chi connectivity index (χ3n) is 4.58. The number of aromatic nitrogens is 4. The van der Waals surface area contributed by atoms with E-state index < -0.39 is 17.1 Å². The van der Waals surface area contributed by atoms with Gasteiger partial charge in [-0.05, 0) is 51.1 Å². The second kappa shape index (κ2) is 9.90. The van der Waals surface area contributed by atoms with E-state index in [1.165, 1.54) is 14.1 Å². The van der Waals surface area contributed by atoms with E-state index in [0.717, 1.165) is 26.7 Å². The van der Waals surface area contributed by atoms with Crippen molar-refractivity contribution in [3.8, 4) is 11.6 Å². The highest BCUT2D eigenvalue weighted by atomic mass is 16.5. The van der Waals surface area contributed by atoms with Crippen LogP contribution in [0.4, 0.5) is 11.6 Å². The van der Waals surface area contributed by atoms with Gasteiger partial charge in [-0.2, -0.15) is 4.99 Å². The fraction of sp³-hybridized carbons (Fsp3) is 0.273. The minimum atomic E-state index is -0.692. The molecule has 2 N–H and O–H groups in total. The Morgan fingerprint density at radius 2 is 1.76 bits per heavy atom. The first-order valence-corrected chi connectivity index (χ1v) is 10.1. The monoisotopic (exact) mass is 451 g/mol. The van der Waals surface area contributed by atoms with Gasteiger partial charge < -0.3 is 15.2 Å². The first-order valence-electron chi connectivity index (χ1n) is 10.1. The van der Waals surface area contributed by atoms with E-state index in [4.69, 9.17) is 4.74 Å². The maximum absolute atomic E-state index is 12.5. The molecule has 1 aromatic carbocycles. The summed E-state index contributed by atoms with van der Waals surface area (Å²) < 4.78 is 7.28. The lowest BCUT2D eigenvalue weighted by atomic mass is 10.3. The second-order valence-corrected chi connectivity index (χ2v) is 7.17. The van der Waals surface area contributed by atoms with Gasteiger partial charge in [-0.15, -0.1) is 0 Å². The van der Waals surface area contributed by atoms with Crippen LogP contribution in [-0.4, -0.2) is 43.0 Å². The van der Waals surface area contributed by atoms with Gasteiger partial charge in [0.25, 0.3) is 11.5 Å². The topological polar surface area (TPSA) is 136 Å². The molecule has 0 spiro atoms. The zero-order valence-corrected chi connectivity index (χ0v) is 19.0. The Labute approximate surface area is 189 Å². The van der Waals surface area contributed by atoms with Gasteiger partial charge in [0, 0.05) is 37.4 Å². The third-order valence-corrected chi connectivity index (χ3v) is 4.58. The van der Waals surface area contributed by atoms with Gasteiger partial charge in [0.05, 0.1) is 6.61 Å². The molecule has 0 saturated carbocycles. The Kier molecular flexibility index (Phi) is 7.01. The number of ether oxygens (including phenoxy) is 1. The minimum absolute atomic E-state index is 0.0690. The Bertz CT molecular complexity index is 1320. The van der Waals surface area contributed by atoms with Crippen LogP contribution in [0, 0.1) is 13.8 Å². The molecule has 11 heteroatoms. The number of guanidine groups is 1. The molecule has 0 aliphatic heterocycles. The molecule has 11 nitrogen and oxygen atoms in total. The normalized spacial score (nSPS) is 11.7. The fourth-order valence-corrected chi connectivity index (χ4v) is 2.97. The van der Waals surface area contributed by atoms with E-state index >= 15 is 0 Å². The number of rotatable bonds is 5. The zero-order chi connectivity index (χ0) is 24.1. The Balaban J connectivity index is 2.05. The minimum Gasteiger partial charge on any atom is -0.494 e. The molecule has 3 rings (SSSR count). The van der Waals surface area contributed by atoms with Crippen molar-refractivity contribution in [3.63, 3.8) is 0 Å². The number of benzene rings is 1. The molecular formula is C22H25N7O4. The van der Waals surface area contributed by atoms with E-state index in [1.807, 2.05) is 26.8 Å². The highest BCUT2D eigenvalue weighted by molar-refractivity contribution is 6.02. The van der Waals surface area contributed by atoms with Crippen molar-refractivity contribution in [3.05, 3.63) is 68.1 Å². The van der Waals surface area contributed by atoms with Crippen molar-refractivity contribution in [2.24, 2.45) is 24.1 Å². The summed E-state index contributed by atoms with van der Waals surface area (Å²) in [4.78, 5) is 41.7. The van der Waals surface area contributed by atoms with Gasteiger partial charge in [-0.25, -0.2) is 19.8 Å². The van der Waals surface area contributed by atoms with Gasteiger partial charge in [-0.3, -0.25) is 13.9 Å². The van der Waals surface area contributed by atoms with Crippen molar-refractivity contribution in [1.82, 2.24) is 19.1 Å². The van der Waals surface area contributed by atoms with Gasteiger partial charge in [0.2, 0.25) is 11.8 Å². The number of hydrogen-bond acceptors (Lipinski definition) is 7. The predicted octanol–water partition coefficient (Wildman–Crippen LogP) is 1.81. The molecule has 2 aromatic heterocycles. The Morgan fingerprint density at radius 3 is 2.36 bits per heavy atom. The van der Waals surface area contributed by atoms with Gasteiger partial charge in [0.1, 0.15) is 11.3 Å². The van der Waals surface area contributed by atoms with Crippen LogP contribution in [0.25, 0.3) is 0 Å². The molecule has 0 unspecified atom stereocenters. The Morgan fingerprint density at radius 1 is 1.12 bits per heavy atom. The molecule has 0 radical (unpaired) electrons. The smallest absolute Gasteiger partial charge is 0.333 e. The summed E-state index contributed by atoms with van der Waals surface area (Å²) >= 11 is 0. The van der Waals surface area contributed by atoms with Crippen LogP contribution in [0.3, 0.4) is 0 Å². The summed E-state index contributed by atoms with van der Waals surface area (Å²) in [5, 5.41) is 13.3. The van der Waals surface area contributed by atoms with Gasteiger partial charge >= 0.3 is 5.69 Å². The molecule has 0 amide bonds. The van der Waals surface area contributed by atoms with Crippen molar-refractivity contribution in [1.29, 1.82) is 0 Å². The van der Waals surface area contributed by atoms with Crippen molar-refractivity contribution >= 4 is 23.8 Å². The average molecular weight is 451 g/mol. The van der Waals surface area contributed by atoms with E-state index in [-0.39, 0.29) is 17.5 Å². The lowest BCUT2D eigenvalue weighted by Crippen LogP contribution is -2.38. The van der Waals surface area contributed by atoms with Crippen LogP contribution in [-0.2, 0) is 14.1 Å². The lowest BCUT2D eigenvalue weighted by Gasteiger charge is -2.09. The van der Waals surface area contributed by atoms with Crippen LogP contribution < -0.4 is 21.3 Å².